The van der Waals surface area contributed by atoms with Crippen molar-refractivity contribution >= 4 is 36.7 Å². The summed E-state index contributed by atoms with van der Waals surface area (Å²) < 4.78 is 50.9. The van der Waals surface area contributed by atoms with Crippen LogP contribution >= 0.6 is 11.3 Å². The van der Waals surface area contributed by atoms with Gasteiger partial charge < -0.3 is 15.1 Å². The molecule has 1 saturated heterocycles. The van der Waals surface area contributed by atoms with Gasteiger partial charge in [-0.15, -0.1) is 11.3 Å². The van der Waals surface area contributed by atoms with E-state index in [1.807, 2.05) is 62.3 Å². The Bertz CT molecular complexity index is 1050. The highest BCUT2D eigenvalue weighted by molar-refractivity contribution is 7.97. The zero-order chi connectivity index (χ0) is 22.1. The number of anilines is 1. The van der Waals surface area contributed by atoms with Crippen molar-refractivity contribution in [3.8, 4) is 0 Å². The van der Waals surface area contributed by atoms with Crippen molar-refractivity contribution in [2.45, 2.75) is 21.5 Å². The third kappa shape index (κ3) is 5.05. The van der Waals surface area contributed by atoms with Crippen LogP contribution in [0.5, 0.6) is 0 Å². The molecule has 0 amide bonds. The first-order valence-corrected chi connectivity index (χ1v) is 13.9. The molecule has 2 aromatic rings. The Morgan fingerprint density at radius 1 is 1.10 bits per heavy atom. The Morgan fingerprint density at radius 3 is 2.30 bits per heavy atom. The molecular formula is C20H29N3O4S3. The number of likely N-dealkylation sites (N-methyl/N-ethyl adjacent to an activating group) is 1. The second-order valence-electron chi connectivity index (χ2n) is 8.07. The maximum atomic E-state index is 13.0. The van der Waals surface area contributed by atoms with Crippen LogP contribution in [-0.4, -0.2) is 79.3 Å². The molecule has 30 heavy (non-hydrogen) atoms. The summed E-state index contributed by atoms with van der Waals surface area (Å²) in [6.07, 6.45) is 0. The Balaban J connectivity index is 1.80. The topological polar surface area (TPSA) is 86.8 Å². The first-order chi connectivity index (χ1) is 14.0. The predicted molar refractivity (Wildman–Crippen MR) is 123 cm³/mol. The maximum Gasteiger partial charge on any atom is 0.193 e. The molecule has 0 radical (unpaired) electrons. The van der Waals surface area contributed by atoms with E-state index >= 15 is 0 Å². The SMILES string of the molecule is CN(C)c1ccc(C(CN[C@H]2CS(=O)(=O)C[C@@H]2S(=O)(=O)c2cccs2)N(C)C)cc1. The number of benzene rings is 1. The number of hydrogen-bond acceptors (Lipinski definition) is 8. The third-order valence-corrected chi connectivity index (χ3v) is 11.0. The number of thiophene rings is 1. The van der Waals surface area contributed by atoms with Crippen LogP contribution in [0.4, 0.5) is 5.69 Å². The first-order valence-electron chi connectivity index (χ1n) is 9.66. The minimum Gasteiger partial charge on any atom is -0.378 e. The second-order valence-corrected chi connectivity index (χ2v) is 13.6. The molecule has 10 heteroatoms. The van der Waals surface area contributed by atoms with Crippen LogP contribution in [0, 0.1) is 0 Å². The first kappa shape index (κ1) is 23.2. The Kier molecular flexibility index (Phi) is 6.93. The van der Waals surface area contributed by atoms with Crippen LogP contribution < -0.4 is 10.2 Å². The summed E-state index contributed by atoms with van der Waals surface area (Å²) in [4.78, 5) is 4.07. The zero-order valence-electron chi connectivity index (χ0n) is 17.6. The van der Waals surface area contributed by atoms with Crippen molar-refractivity contribution in [1.29, 1.82) is 0 Å². The highest BCUT2D eigenvalue weighted by Gasteiger charge is 2.46. The van der Waals surface area contributed by atoms with Crippen molar-refractivity contribution < 1.29 is 16.8 Å². The van der Waals surface area contributed by atoms with E-state index in [1.165, 1.54) is 6.07 Å². The van der Waals surface area contributed by atoms with E-state index in [1.54, 1.807) is 11.4 Å². The normalized spacial score (nSPS) is 22.3. The van der Waals surface area contributed by atoms with Crippen LogP contribution in [0.15, 0.2) is 46.0 Å². The lowest BCUT2D eigenvalue weighted by Gasteiger charge is -2.28. The second kappa shape index (κ2) is 8.96. The van der Waals surface area contributed by atoms with Crippen molar-refractivity contribution in [2.75, 3.05) is 51.1 Å². The lowest BCUT2D eigenvalue weighted by molar-refractivity contribution is 0.282. The molecule has 2 heterocycles. The fourth-order valence-electron chi connectivity index (χ4n) is 3.74. The lowest BCUT2D eigenvalue weighted by Crippen LogP contribution is -2.46. The van der Waals surface area contributed by atoms with E-state index in [4.69, 9.17) is 0 Å². The molecule has 1 fully saturated rings. The van der Waals surface area contributed by atoms with Crippen molar-refractivity contribution in [2.24, 2.45) is 0 Å². The van der Waals surface area contributed by atoms with E-state index < -0.39 is 31.0 Å². The minimum atomic E-state index is -3.71. The van der Waals surface area contributed by atoms with E-state index in [-0.39, 0.29) is 21.8 Å². The van der Waals surface area contributed by atoms with Gasteiger partial charge in [0, 0.05) is 38.4 Å². The van der Waals surface area contributed by atoms with Gasteiger partial charge in [0.2, 0.25) is 0 Å². The summed E-state index contributed by atoms with van der Waals surface area (Å²) in [5, 5.41) is 3.99. The Hall–Kier alpha value is -1.46. The van der Waals surface area contributed by atoms with Crippen molar-refractivity contribution in [1.82, 2.24) is 10.2 Å². The number of rotatable bonds is 8. The third-order valence-electron chi connectivity index (χ3n) is 5.47. The van der Waals surface area contributed by atoms with E-state index in [9.17, 15) is 16.8 Å². The van der Waals surface area contributed by atoms with Crippen LogP contribution in [0.3, 0.4) is 0 Å². The molecule has 0 spiro atoms. The van der Waals surface area contributed by atoms with Gasteiger partial charge in [-0.2, -0.15) is 0 Å². The molecule has 3 atom stereocenters. The largest absolute Gasteiger partial charge is 0.378 e. The summed E-state index contributed by atoms with van der Waals surface area (Å²) in [5.41, 5.74) is 2.17. The highest BCUT2D eigenvalue weighted by Crippen LogP contribution is 2.29. The summed E-state index contributed by atoms with van der Waals surface area (Å²) in [6.45, 7) is 0.449. The van der Waals surface area contributed by atoms with Gasteiger partial charge >= 0.3 is 0 Å². The quantitative estimate of drug-likeness (QED) is 0.626. The van der Waals surface area contributed by atoms with Crippen LogP contribution in [0.2, 0.25) is 0 Å². The highest BCUT2D eigenvalue weighted by atomic mass is 32.2. The molecule has 0 bridgehead atoms. The monoisotopic (exact) mass is 471 g/mol. The molecule has 7 nitrogen and oxygen atoms in total. The Morgan fingerprint density at radius 2 is 1.77 bits per heavy atom. The zero-order valence-corrected chi connectivity index (χ0v) is 20.1. The summed E-state index contributed by atoms with van der Waals surface area (Å²) in [7, 11) is 0.745. The predicted octanol–water partition coefficient (Wildman–Crippen LogP) is 1.65. The smallest absolute Gasteiger partial charge is 0.193 e. The number of sulfone groups is 2. The molecule has 1 aromatic carbocycles. The molecule has 3 rings (SSSR count). The fourth-order valence-corrected chi connectivity index (χ4v) is 9.68. The number of hydrogen-bond donors (Lipinski definition) is 1. The van der Waals surface area contributed by atoms with Crippen molar-refractivity contribution in [3.05, 3.63) is 47.3 Å². The molecule has 0 saturated carbocycles. The van der Waals surface area contributed by atoms with Gasteiger partial charge in [-0.05, 0) is 43.2 Å². The fraction of sp³-hybridized carbons (Fsp3) is 0.500. The van der Waals surface area contributed by atoms with Crippen LogP contribution in [0.25, 0.3) is 0 Å². The van der Waals surface area contributed by atoms with E-state index in [0.29, 0.717) is 6.54 Å². The lowest BCUT2D eigenvalue weighted by atomic mass is 10.0. The standard InChI is InChI=1S/C20H29N3O4S3/c1-22(2)16-9-7-15(8-10-16)18(23(3)4)12-21-17-13-29(24,25)14-19(17)30(26,27)20-6-5-11-28-20/h5-11,17-19,21H,12-14H2,1-4H3/t17-,18?,19-/m0/s1. The summed E-state index contributed by atoms with van der Waals surface area (Å²) in [5.74, 6) is -0.503. The summed E-state index contributed by atoms with van der Waals surface area (Å²) >= 11 is 1.13. The van der Waals surface area contributed by atoms with Gasteiger partial charge in [0.15, 0.2) is 19.7 Å². The van der Waals surface area contributed by atoms with Gasteiger partial charge in [-0.25, -0.2) is 16.8 Å². The van der Waals surface area contributed by atoms with Gasteiger partial charge in [0.1, 0.15) is 4.21 Å². The number of nitrogens with one attached hydrogen (secondary N) is 1. The van der Waals surface area contributed by atoms with Crippen LogP contribution in [-0.2, 0) is 19.7 Å². The number of nitrogens with zero attached hydrogens (tertiary/aromatic N) is 2. The molecule has 1 aliphatic heterocycles. The Labute approximate surface area is 183 Å². The van der Waals surface area contributed by atoms with Crippen molar-refractivity contribution in [3.63, 3.8) is 0 Å². The molecule has 166 valence electrons. The average Bonchev–Trinajstić information content (AvgIpc) is 3.30. The van der Waals surface area contributed by atoms with E-state index in [2.05, 4.69) is 5.32 Å². The van der Waals surface area contributed by atoms with E-state index in [0.717, 1.165) is 22.6 Å². The van der Waals surface area contributed by atoms with Gasteiger partial charge in [0.25, 0.3) is 0 Å². The summed E-state index contributed by atoms with van der Waals surface area (Å²) in [6, 6.07) is 10.7. The molecule has 1 aromatic heterocycles. The van der Waals surface area contributed by atoms with Gasteiger partial charge in [-0.3, -0.25) is 0 Å². The molecule has 0 aliphatic carbocycles. The van der Waals surface area contributed by atoms with Gasteiger partial charge in [-0.1, -0.05) is 18.2 Å². The molecule has 1 unspecified atom stereocenters. The van der Waals surface area contributed by atoms with Crippen LogP contribution in [0.1, 0.15) is 11.6 Å². The molecular weight excluding hydrogens is 442 g/mol. The molecule has 1 aliphatic rings. The van der Waals surface area contributed by atoms with Gasteiger partial charge in [0.05, 0.1) is 16.8 Å². The minimum absolute atomic E-state index is 0.0189. The maximum absolute atomic E-state index is 13.0. The molecule has 1 N–H and O–H groups in total. The average molecular weight is 472 g/mol.